The molecule has 0 saturated carbocycles. The van der Waals surface area contributed by atoms with Gasteiger partial charge >= 0.3 is 0 Å². The molecule has 0 aliphatic carbocycles. The molecule has 0 aliphatic rings. The van der Waals surface area contributed by atoms with Crippen LogP contribution in [0.1, 0.15) is 59.8 Å². The molecule has 0 aromatic rings. The second-order valence-electron chi connectivity index (χ2n) is 5.72. The van der Waals surface area contributed by atoms with Crippen molar-refractivity contribution in [2.45, 2.75) is 65.9 Å². The molecule has 0 radical (unpaired) electrons. The van der Waals surface area contributed by atoms with E-state index in [1.54, 1.807) is 0 Å². The van der Waals surface area contributed by atoms with E-state index in [0.29, 0.717) is 5.92 Å². The van der Waals surface area contributed by atoms with Gasteiger partial charge in [-0.2, -0.15) is 0 Å². The van der Waals surface area contributed by atoms with Crippen molar-refractivity contribution < 1.29 is 15.3 Å². The van der Waals surface area contributed by atoms with E-state index < -0.39 is 6.10 Å². The highest BCUT2D eigenvalue weighted by molar-refractivity contribution is 4.83. The Balaban J connectivity index is 5.00. The van der Waals surface area contributed by atoms with E-state index in [-0.39, 0.29) is 31.0 Å². The molecule has 3 heteroatoms. The van der Waals surface area contributed by atoms with E-state index in [0.717, 1.165) is 32.1 Å². The number of rotatable bonds is 11. The second kappa shape index (κ2) is 10.6. The summed E-state index contributed by atoms with van der Waals surface area (Å²) in [5, 5.41) is 29.5. The Morgan fingerprint density at radius 3 is 1.58 bits per heavy atom. The lowest BCUT2D eigenvalue weighted by atomic mass is 9.71. The van der Waals surface area contributed by atoms with Gasteiger partial charge in [0.1, 0.15) is 0 Å². The minimum Gasteiger partial charge on any atom is -0.396 e. The molecule has 0 aromatic carbocycles. The minimum absolute atomic E-state index is 0.0412. The third-order valence-corrected chi connectivity index (χ3v) is 4.69. The summed E-state index contributed by atoms with van der Waals surface area (Å²) in [4.78, 5) is 0. The molecule has 3 N–H and O–H groups in total. The summed E-state index contributed by atoms with van der Waals surface area (Å²) < 4.78 is 0. The second-order valence-corrected chi connectivity index (χ2v) is 5.72. The van der Waals surface area contributed by atoms with Gasteiger partial charge in [0.15, 0.2) is 0 Å². The fourth-order valence-electron chi connectivity index (χ4n) is 3.33. The highest BCUT2D eigenvalue weighted by atomic mass is 16.3. The van der Waals surface area contributed by atoms with Crippen LogP contribution in [0.25, 0.3) is 0 Å². The fourth-order valence-corrected chi connectivity index (χ4v) is 3.33. The maximum Gasteiger partial charge on any atom is 0.0620 e. The average Bonchev–Trinajstić information content (AvgIpc) is 2.42. The summed E-state index contributed by atoms with van der Waals surface area (Å²) in [7, 11) is 0. The molecule has 0 fully saturated rings. The lowest BCUT2D eigenvalue weighted by Gasteiger charge is -2.37. The van der Waals surface area contributed by atoms with Gasteiger partial charge in [0.05, 0.1) is 6.10 Å². The van der Waals surface area contributed by atoms with Gasteiger partial charge in [-0.1, -0.05) is 47.0 Å². The topological polar surface area (TPSA) is 60.7 Å². The molecule has 0 amide bonds. The Kier molecular flexibility index (Phi) is 10.6. The maximum atomic E-state index is 10.6. The molecule has 0 spiro atoms. The van der Waals surface area contributed by atoms with Crippen LogP contribution in [0.15, 0.2) is 0 Å². The van der Waals surface area contributed by atoms with E-state index in [4.69, 9.17) is 0 Å². The summed E-state index contributed by atoms with van der Waals surface area (Å²) in [5.74, 6) is 0.742. The predicted molar refractivity (Wildman–Crippen MR) is 79.9 cm³/mol. The van der Waals surface area contributed by atoms with Crippen LogP contribution in [-0.2, 0) is 0 Å². The Bertz CT molecular complexity index is 200. The van der Waals surface area contributed by atoms with Crippen molar-refractivity contribution in [1.82, 2.24) is 0 Å². The van der Waals surface area contributed by atoms with Crippen LogP contribution in [0.5, 0.6) is 0 Å². The first-order valence-corrected chi connectivity index (χ1v) is 8.00. The Hall–Kier alpha value is -0.120. The van der Waals surface area contributed by atoms with Gasteiger partial charge in [0, 0.05) is 19.1 Å². The highest BCUT2D eigenvalue weighted by Gasteiger charge is 2.34. The van der Waals surface area contributed by atoms with Gasteiger partial charge < -0.3 is 15.3 Å². The zero-order valence-corrected chi connectivity index (χ0v) is 13.2. The average molecular weight is 274 g/mol. The summed E-state index contributed by atoms with van der Waals surface area (Å²) in [5.41, 5.74) is 0. The molecule has 0 aromatic heterocycles. The van der Waals surface area contributed by atoms with Crippen molar-refractivity contribution in [2.24, 2.45) is 23.7 Å². The number of aliphatic hydroxyl groups excluding tert-OH is 3. The van der Waals surface area contributed by atoms with Crippen molar-refractivity contribution in [1.29, 1.82) is 0 Å². The van der Waals surface area contributed by atoms with Crippen LogP contribution in [0, 0.1) is 23.7 Å². The van der Waals surface area contributed by atoms with Gasteiger partial charge in [-0.05, 0) is 30.6 Å². The zero-order valence-electron chi connectivity index (χ0n) is 13.2. The van der Waals surface area contributed by atoms with Gasteiger partial charge in [-0.15, -0.1) is 0 Å². The summed E-state index contributed by atoms with van der Waals surface area (Å²) in [6.07, 6.45) is 4.29. The van der Waals surface area contributed by atoms with E-state index in [1.807, 2.05) is 6.92 Å². The van der Waals surface area contributed by atoms with Crippen molar-refractivity contribution in [3.8, 4) is 0 Å². The van der Waals surface area contributed by atoms with E-state index in [2.05, 4.69) is 20.8 Å². The summed E-state index contributed by atoms with van der Waals surface area (Å²) in [6.45, 7) is 8.61. The SMILES string of the molecule is CCC[C@@H]([C@H](CC)CO)[C@@H](CC)[C@H](O)[C@@H](CC)CO. The monoisotopic (exact) mass is 274 g/mol. The van der Waals surface area contributed by atoms with Gasteiger partial charge in [0.25, 0.3) is 0 Å². The Labute approximate surface area is 119 Å². The number of hydrogen-bond acceptors (Lipinski definition) is 3. The Morgan fingerprint density at radius 1 is 0.737 bits per heavy atom. The van der Waals surface area contributed by atoms with E-state index >= 15 is 0 Å². The number of hydrogen-bond donors (Lipinski definition) is 3. The van der Waals surface area contributed by atoms with Gasteiger partial charge in [-0.25, -0.2) is 0 Å². The third kappa shape index (κ3) is 5.41. The number of aliphatic hydroxyl groups is 3. The summed E-state index contributed by atoms with van der Waals surface area (Å²) in [6, 6.07) is 0. The largest absolute Gasteiger partial charge is 0.396 e. The van der Waals surface area contributed by atoms with E-state index in [9.17, 15) is 15.3 Å². The molecule has 116 valence electrons. The standard InChI is InChI=1S/C16H34O3/c1-5-9-15(12(6-2)10-17)14(8-4)16(19)13(7-3)11-18/h12-19H,5-11H2,1-4H3/t12-,13+,14-,15+,16-/m1/s1. The molecular formula is C16H34O3. The van der Waals surface area contributed by atoms with Crippen molar-refractivity contribution in [3.63, 3.8) is 0 Å². The smallest absolute Gasteiger partial charge is 0.0620 e. The van der Waals surface area contributed by atoms with Gasteiger partial charge in [-0.3, -0.25) is 0 Å². The molecule has 0 bridgehead atoms. The van der Waals surface area contributed by atoms with Crippen LogP contribution < -0.4 is 0 Å². The van der Waals surface area contributed by atoms with Crippen LogP contribution >= 0.6 is 0 Å². The summed E-state index contributed by atoms with van der Waals surface area (Å²) >= 11 is 0. The van der Waals surface area contributed by atoms with Crippen molar-refractivity contribution >= 4 is 0 Å². The molecule has 19 heavy (non-hydrogen) atoms. The molecule has 0 unspecified atom stereocenters. The molecule has 0 aliphatic heterocycles. The zero-order chi connectivity index (χ0) is 14.8. The third-order valence-electron chi connectivity index (χ3n) is 4.69. The van der Waals surface area contributed by atoms with Crippen molar-refractivity contribution in [3.05, 3.63) is 0 Å². The van der Waals surface area contributed by atoms with Gasteiger partial charge in [0.2, 0.25) is 0 Å². The molecule has 0 saturated heterocycles. The first kappa shape index (κ1) is 18.9. The first-order chi connectivity index (χ1) is 9.10. The molecule has 5 atom stereocenters. The lowest BCUT2D eigenvalue weighted by Crippen LogP contribution is -2.38. The molecular weight excluding hydrogens is 240 g/mol. The van der Waals surface area contributed by atoms with Crippen LogP contribution in [0.4, 0.5) is 0 Å². The predicted octanol–water partition coefficient (Wildman–Crippen LogP) is 2.83. The molecule has 0 heterocycles. The van der Waals surface area contributed by atoms with E-state index in [1.165, 1.54) is 0 Å². The van der Waals surface area contributed by atoms with Crippen LogP contribution in [0.2, 0.25) is 0 Å². The van der Waals surface area contributed by atoms with Crippen molar-refractivity contribution in [2.75, 3.05) is 13.2 Å². The molecule has 0 rings (SSSR count). The highest BCUT2D eigenvalue weighted by Crippen LogP contribution is 2.35. The first-order valence-electron chi connectivity index (χ1n) is 8.00. The maximum absolute atomic E-state index is 10.6. The minimum atomic E-state index is -0.461. The quantitative estimate of drug-likeness (QED) is 0.543. The fraction of sp³-hybridized carbons (Fsp3) is 1.00. The van der Waals surface area contributed by atoms with Crippen LogP contribution in [-0.4, -0.2) is 34.6 Å². The Morgan fingerprint density at radius 2 is 1.26 bits per heavy atom. The lowest BCUT2D eigenvalue weighted by molar-refractivity contribution is -0.0239. The van der Waals surface area contributed by atoms with Crippen LogP contribution in [0.3, 0.4) is 0 Å². The normalized spacial score (nSPS) is 19.7. The molecule has 3 nitrogen and oxygen atoms in total.